The third kappa shape index (κ3) is 8.81. The van der Waals surface area contributed by atoms with Gasteiger partial charge in [-0.1, -0.05) is 158 Å². The molecule has 0 aromatic heterocycles. The summed E-state index contributed by atoms with van der Waals surface area (Å²) in [6, 6.07) is 87.8. The van der Waals surface area contributed by atoms with Crippen LogP contribution in [-0.2, 0) is 36.2 Å². The molecule has 0 bridgehead atoms. The first-order valence-electron chi connectivity index (χ1n) is 30.8. The second-order valence-electron chi connectivity index (χ2n) is 24.4. The van der Waals surface area contributed by atoms with Gasteiger partial charge in [-0.15, -0.1) is 0 Å². The van der Waals surface area contributed by atoms with Gasteiger partial charge in [0.05, 0.1) is 24.0 Å². The van der Waals surface area contributed by atoms with Crippen LogP contribution in [0.25, 0.3) is 43.1 Å². The number of ether oxygens (including phenoxy) is 9. The number of rotatable bonds is 16. The normalized spacial score (nSPS) is 21.2. The predicted molar refractivity (Wildman–Crippen MR) is 341 cm³/mol. The predicted octanol–water partition coefficient (Wildman–Crippen LogP) is 16.0. The topological polar surface area (TPSA) is 93.0 Å². The monoisotopic (exact) mass is 1150 g/mol. The first-order chi connectivity index (χ1) is 43.5. The summed E-state index contributed by atoms with van der Waals surface area (Å²) in [5.74, 6) is 4.97. The van der Waals surface area contributed by atoms with Crippen LogP contribution >= 0.6 is 0 Å². The van der Waals surface area contributed by atoms with Gasteiger partial charge in [0.15, 0.2) is 0 Å². The Morgan fingerprint density at radius 2 is 0.727 bits per heavy atom. The molecule has 12 aromatic carbocycles. The van der Waals surface area contributed by atoms with Gasteiger partial charge in [-0.25, -0.2) is 0 Å². The van der Waals surface area contributed by atoms with Crippen molar-refractivity contribution in [1.82, 2.24) is 0 Å². The van der Waals surface area contributed by atoms with E-state index in [1.54, 1.807) is 0 Å². The standard InChI is InChI=1S/C79H60O9/c1-3-11-67-56(9-1)35-57-10-2-4-12-68(57)78(67,59-26-20-55-43-65(32-24-51(55)37-59)85-75-33-34-80-75)58-25-17-53-41-63(30-22-48(53)36-58)83-46-73-76(87-73)77-74(88-77)47-84-64-31-23-50-39-61(28-19-54(50)42-64)79(69-13-5-7-15-71(69)86-72-16-8-6-14-70(72)79)60-27-18-52-40-62(29-21-49(52)38-60)81-44-66-45-82-66/h1-32,36-43,66,73-77H,33-35,44-47H2. The van der Waals surface area contributed by atoms with Gasteiger partial charge in [-0.2, -0.15) is 0 Å². The molecule has 88 heavy (non-hydrogen) atoms. The largest absolute Gasteiger partial charge is 0.491 e. The van der Waals surface area contributed by atoms with Crippen LogP contribution in [0.2, 0.25) is 0 Å². The van der Waals surface area contributed by atoms with Crippen molar-refractivity contribution in [3.05, 3.63) is 298 Å². The number of epoxide rings is 3. The van der Waals surface area contributed by atoms with Crippen molar-refractivity contribution in [3.63, 3.8) is 0 Å². The Kier molecular flexibility index (Phi) is 12.1. The number of fused-ring (bicyclic) bond motifs is 8. The van der Waals surface area contributed by atoms with Gasteiger partial charge in [-0.3, -0.25) is 0 Å². The molecule has 1 aliphatic carbocycles. The summed E-state index contributed by atoms with van der Waals surface area (Å²) in [5.41, 5.74) is 11.0. The van der Waals surface area contributed by atoms with Crippen molar-refractivity contribution in [1.29, 1.82) is 0 Å². The molecule has 6 atom stereocenters. The van der Waals surface area contributed by atoms with Crippen LogP contribution in [0.3, 0.4) is 0 Å². The summed E-state index contributed by atoms with van der Waals surface area (Å²) in [4.78, 5) is 0. The Bertz CT molecular complexity index is 4660. The molecule has 5 aliphatic heterocycles. The van der Waals surface area contributed by atoms with Crippen LogP contribution in [0, 0.1) is 0 Å². The third-order valence-corrected chi connectivity index (χ3v) is 19.2. The summed E-state index contributed by atoms with van der Waals surface area (Å²) in [7, 11) is 0. The van der Waals surface area contributed by atoms with Crippen molar-refractivity contribution < 1.29 is 42.6 Å². The summed E-state index contributed by atoms with van der Waals surface area (Å²) in [6.45, 7) is 2.95. The van der Waals surface area contributed by atoms with E-state index in [1.165, 1.54) is 33.4 Å². The highest BCUT2D eigenvalue weighted by Gasteiger charge is 2.58. The van der Waals surface area contributed by atoms with Gasteiger partial charge >= 0.3 is 0 Å². The van der Waals surface area contributed by atoms with E-state index in [1.807, 2.05) is 12.1 Å². The van der Waals surface area contributed by atoms with Crippen LogP contribution < -0.4 is 23.7 Å². The fourth-order valence-electron chi connectivity index (χ4n) is 14.5. The van der Waals surface area contributed by atoms with Crippen LogP contribution in [0.1, 0.15) is 62.1 Å². The molecule has 4 fully saturated rings. The number of hydrogen-bond donors (Lipinski definition) is 0. The van der Waals surface area contributed by atoms with Crippen LogP contribution in [0.4, 0.5) is 0 Å². The van der Waals surface area contributed by atoms with E-state index in [-0.39, 0.29) is 36.8 Å². The Balaban J connectivity index is 0.562. The Labute approximate surface area is 509 Å². The molecule has 9 heteroatoms. The highest BCUT2D eigenvalue weighted by Crippen LogP contribution is 2.57. The van der Waals surface area contributed by atoms with Gasteiger partial charge in [-0.05, 0) is 179 Å². The molecular weight excluding hydrogens is 1090 g/mol. The van der Waals surface area contributed by atoms with Crippen molar-refractivity contribution >= 4 is 43.1 Å². The number of para-hydroxylation sites is 2. The van der Waals surface area contributed by atoms with E-state index in [2.05, 4.69) is 231 Å². The molecule has 0 N–H and O–H groups in total. The second kappa shape index (κ2) is 20.6. The fraction of sp³-hybridized carbons (Fsp3) is 0.190. The summed E-state index contributed by atoms with van der Waals surface area (Å²) < 4.78 is 55.1. The Hall–Kier alpha value is -9.48. The average molecular weight is 1150 g/mol. The van der Waals surface area contributed by atoms with Crippen molar-refractivity contribution in [3.8, 4) is 34.5 Å². The molecule has 6 aliphatic rings. The number of hydrogen-bond acceptors (Lipinski definition) is 9. The van der Waals surface area contributed by atoms with E-state index in [0.29, 0.717) is 19.8 Å². The van der Waals surface area contributed by atoms with E-state index in [0.717, 1.165) is 126 Å². The minimum Gasteiger partial charge on any atom is -0.491 e. The third-order valence-electron chi connectivity index (χ3n) is 19.2. The molecular formula is C79H60O9. The molecule has 0 spiro atoms. The minimum absolute atomic E-state index is 0.0363. The molecule has 9 nitrogen and oxygen atoms in total. The summed E-state index contributed by atoms with van der Waals surface area (Å²) >= 11 is 0. The van der Waals surface area contributed by atoms with E-state index in [9.17, 15) is 0 Å². The van der Waals surface area contributed by atoms with E-state index >= 15 is 0 Å². The van der Waals surface area contributed by atoms with Crippen LogP contribution in [0.15, 0.2) is 243 Å². The highest BCUT2D eigenvalue weighted by molar-refractivity contribution is 5.91. The SMILES string of the molecule is c1ccc2c(c1)Cc1ccccc1C2(c1ccc2cc(OCC3OC3C3OC3COc3ccc4cc(C5(c6ccc7cc(OCC8CO8)ccc7c6)c6ccccc6Oc6ccccc65)ccc4c3)ccc2c1)c1ccc2cc(OC3CCO3)ccc2c1. The molecule has 12 aromatic rings. The molecule has 18 rings (SSSR count). The van der Waals surface area contributed by atoms with E-state index < -0.39 is 10.8 Å². The quantitative estimate of drug-likeness (QED) is 0.0877. The highest BCUT2D eigenvalue weighted by atomic mass is 16.7. The van der Waals surface area contributed by atoms with Gasteiger partial charge in [0, 0.05) is 17.5 Å². The van der Waals surface area contributed by atoms with Crippen molar-refractivity contribution in [2.45, 2.75) is 60.5 Å². The lowest BCUT2D eigenvalue weighted by Gasteiger charge is -2.42. The van der Waals surface area contributed by atoms with Crippen molar-refractivity contribution in [2.24, 2.45) is 0 Å². The molecule has 0 radical (unpaired) electrons. The Morgan fingerprint density at radius 3 is 1.16 bits per heavy atom. The van der Waals surface area contributed by atoms with Crippen LogP contribution in [0.5, 0.6) is 34.5 Å². The minimum atomic E-state index is -0.677. The lowest BCUT2D eigenvalue weighted by molar-refractivity contribution is -0.165. The summed E-state index contributed by atoms with van der Waals surface area (Å²) in [5, 5.41) is 9.00. The average Bonchev–Trinajstić information content (AvgIpc) is 1.41. The van der Waals surface area contributed by atoms with Gasteiger partial charge in [0.25, 0.3) is 0 Å². The lowest BCUT2D eigenvalue weighted by Crippen LogP contribution is -2.36. The second-order valence-corrected chi connectivity index (χ2v) is 24.4. The zero-order chi connectivity index (χ0) is 57.9. The Morgan fingerprint density at radius 1 is 0.364 bits per heavy atom. The van der Waals surface area contributed by atoms with Crippen LogP contribution in [-0.4, -0.2) is 69.8 Å². The van der Waals surface area contributed by atoms with Gasteiger partial charge in [0.2, 0.25) is 6.29 Å². The molecule has 0 amide bonds. The lowest BCUT2D eigenvalue weighted by atomic mass is 9.59. The van der Waals surface area contributed by atoms with Gasteiger partial charge < -0.3 is 42.6 Å². The zero-order valence-corrected chi connectivity index (χ0v) is 48.2. The fourth-order valence-corrected chi connectivity index (χ4v) is 14.5. The molecule has 0 saturated carbocycles. The van der Waals surface area contributed by atoms with Crippen molar-refractivity contribution in [2.75, 3.05) is 33.0 Å². The molecule has 6 unspecified atom stereocenters. The maximum absolute atomic E-state index is 6.65. The molecule has 4 saturated heterocycles. The first-order valence-corrected chi connectivity index (χ1v) is 30.8. The molecule has 5 heterocycles. The maximum atomic E-state index is 6.65. The number of benzene rings is 12. The molecule has 430 valence electrons. The summed E-state index contributed by atoms with van der Waals surface area (Å²) in [6.07, 6.45) is 1.64. The van der Waals surface area contributed by atoms with E-state index in [4.69, 9.17) is 42.6 Å². The van der Waals surface area contributed by atoms with Gasteiger partial charge in [0.1, 0.15) is 84.8 Å². The smallest absolute Gasteiger partial charge is 0.202 e. The zero-order valence-electron chi connectivity index (χ0n) is 48.2. The first kappa shape index (κ1) is 51.7. The maximum Gasteiger partial charge on any atom is 0.202 e.